The maximum atomic E-state index is 7.49. The van der Waals surface area contributed by atoms with E-state index in [0.29, 0.717) is 0 Å². The van der Waals surface area contributed by atoms with Crippen LogP contribution in [0.3, 0.4) is 0 Å². The molecule has 0 amide bonds. The van der Waals surface area contributed by atoms with Crippen molar-refractivity contribution in [1.82, 2.24) is 0 Å². The summed E-state index contributed by atoms with van der Waals surface area (Å²) in [5.41, 5.74) is 0. The summed E-state index contributed by atoms with van der Waals surface area (Å²) in [4.78, 5) is 0. The molecule has 0 spiro atoms. The smallest absolute Gasteiger partial charge is 0.316 e. The molecule has 0 aromatic heterocycles. The Bertz CT molecular complexity index is 8.00. The van der Waals surface area contributed by atoms with Crippen molar-refractivity contribution in [2.24, 2.45) is 0 Å². The van der Waals surface area contributed by atoms with Crippen LogP contribution in [0.15, 0.2) is 0 Å². The van der Waals surface area contributed by atoms with Crippen molar-refractivity contribution < 1.29 is 4.55 Å². The van der Waals surface area contributed by atoms with Crippen LogP contribution in [0.5, 0.6) is 0 Å². The van der Waals surface area contributed by atoms with Gasteiger partial charge in [0.25, 0.3) is 0 Å². The van der Waals surface area contributed by atoms with E-state index in [1.54, 1.807) is 6.26 Å². The van der Waals surface area contributed by atoms with Gasteiger partial charge in [-0.15, -0.1) is 0 Å². The third kappa shape index (κ3) is 11.4. The highest BCUT2D eigenvalue weighted by atomic mass is 32.2. The topological polar surface area (TPSA) is 20.2 Å². The normalized spacial score (nSPS) is 4.50. The van der Waals surface area contributed by atoms with E-state index in [0.717, 1.165) is 12.0 Å². The quantitative estimate of drug-likeness (QED) is 0.331. The van der Waals surface area contributed by atoms with E-state index >= 15 is 0 Å². The molecule has 0 saturated carbocycles. The lowest BCUT2D eigenvalue weighted by Gasteiger charge is -1.52. The van der Waals surface area contributed by atoms with E-state index in [1.807, 2.05) is 0 Å². The first kappa shape index (κ1) is 8.91. The maximum Gasteiger partial charge on any atom is 0.316 e. The molecule has 4 heavy (non-hydrogen) atoms. The zero-order chi connectivity index (χ0) is 2.71. The molecule has 0 aliphatic heterocycles. The molecule has 0 heterocycles. The molecule has 0 radical (unpaired) electrons. The average molecular weight is 90.4 g/mol. The fourth-order valence-electron chi connectivity index (χ4n) is 0. The third-order valence-corrected chi connectivity index (χ3v) is 0. The highest BCUT2D eigenvalue weighted by Gasteiger charge is 1.34. The first-order valence-electron chi connectivity index (χ1n) is 0.591. The largest absolute Gasteiger partial charge is 0.330 e. The molecule has 0 atom stereocenters. The van der Waals surface area contributed by atoms with Crippen molar-refractivity contribution >= 4 is 35.1 Å². The van der Waals surface area contributed by atoms with Crippen LogP contribution in [0.2, 0.25) is 0 Å². The van der Waals surface area contributed by atoms with Crippen LogP contribution >= 0.6 is 12.0 Å². The lowest BCUT2D eigenvalue weighted by atomic mass is 12.0. The second-order valence-electron chi connectivity index (χ2n) is 0.183. The van der Waals surface area contributed by atoms with Crippen LogP contribution in [0.25, 0.3) is 0 Å². The summed E-state index contributed by atoms with van der Waals surface area (Å²) in [6.07, 6.45) is 1.60. The van der Waals surface area contributed by atoms with E-state index in [9.17, 15) is 0 Å². The van der Waals surface area contributed by atoms with Gasteiger partial charge in [-0.1, -0.05) is 0 Å². The molecule has 0 rings (SSSR count). The van der Waals surface area contributed by atoms with Crippen LogP contribution in [0, 0.1) is 0 Å². The summed E-state index contributed by atoms with van der Waals surface area (Å²) in [5, 5.41) is 0. The van der Waals surface area contributed by atoms with Crippen molar-refractivity contribution in [2.45, 2.75) is 0 Å². The Hall–Kier alpha value is 1.08. The molecular weight excluding hydrogens is 84.4 g/mol. The summed E-state index contributed by atoms with van der Waals surface area (Å²) < 4.78 is 7.49. The second kappa shape index (κ2) is 8.95. The van der Waals surface area contributed by atoms with Crippen LogP contribution in [-0.2, 0) is 0 Å². The minimum atomic E-state index is 0. The molecule has 0 aliphatic carbocycles. The van der Waals surface area contributed by atoms with Gasteiger partial charge in [-0.05, 0) is 12.0 Å². The SMILES string of the molecule is CSO.[MgH2]. The minimum absolute atomic E-state index is 0. The average Bonchev–Trinajstić information content (AvgIpc) is 0.918. The lowest BCUT2D eigenvalue weighted by Crippen LogP contribution is -1.28. The highest BCUT2D eigenvalue weighted by molar-refractivity contribution is 7.93. The van der Waals surface area contributed by atoms with Gasteiger partial charge in [-0.3, -0.25) is 0 Å². The fourth-order valence-corrected chi connectivity index (χ4v) is 0. The molecule has 0 aromatic rings. The highest BCUT2D eigenvalue weighted by Crippen LogP contribution is 1.68. The Kier molecular flexibility index (Phi) is 19.9. The molecule has 0 bridgehead atoms. The molecule has 1 nitrogen and oxygen atoms in total. The Morgan fingerprint density at radius 3 is 1.75 bits per heavy atom. The van der Waals surface area contributed by atoms with Gasteiger partial charge in [0.2, 0.25) is 0 Å². The van der Waals surface area contributed by atoms with Gasteiger partial charge in [0.1, 0.15) is 0 Å². The van der Waals surface area contributed by atoms with Crippen LogP contribution in [0.4, 0.5) is 0 Å². The van der Waals surface area contributed by atoms with Gasteiger partial charge < -0.3 is 4.55 Å². The molecule has 0 fully saturated rings. The molecule has 0 unspecified atom stereocenters. The van der Waals surface area contributed by atoms with Crippen molar-refractivity contribution in [1.29, 1.82) is 0 Å². The van der Waals surface area contributed by atoms with Crippen LogP contribution in [-0.4, -0.2) is 33.9 Å². The predicted octanol–water partition coefficient (Wildman–Crippen LogP) is -0.0938. The van der Waals surface area contributed by atoms with Gasteiger partial charge in [-0.2, -0.15) is 0 Å². The lowest BCUT2D eigenvalue weighted by molar-refractivity contribution is 0.669. The third-order valence-electron chi connectivity index (χ3n) is 0. The van der Waals surface area contributed by atoms with Crippen LogP contribution < -0.4 is 0 Å². The monoisotopic (exact) mass is 90.0 g/mol. The summed E-state index contributed by atoms with van der Waals surface area (Å²) in [5.74, 6) is 0. The summed E-state index contributed by atoms with van der Waals surface area (Å²) in [7, 11) is 0. The van der Waals surface area contributed by atoms with Crippen molar-refractivity contribution in [3.05, 3.63) is 0 Å². The molecule has 3 heteroatoms. The fraction of sp³-hybridized carbons (Fsp3) is 1.00. The van der Waals surface area contributed by atoms with E-state index in [1.165, 1.54) is 0 Å². The Balaban J connectivity index is 0. The minimum Gasteiger partial charge on any atom is -0.330 e. The van der Waals surface area contributed by atoms with E-state index < -0.39 is 0 Å². The summed E-state index contributed by atoms with van der Waals surface area (Å²) in [6, 6.07) is 0. The van der Waals surface area contributed by atoms with Gasteiger partial charge >= 0.3 is 23.1 Å². The molecule has 24 valence electrons. The zero-order valence-electron chi connectivity index (χ0n) is 1.86. The standard InChI is InChI=1S/CH4OS.Mg.2H/c1-3-2;;;/h2H,1H3;;;. The molecule has 1 N–H and O–H groups in total. The number of hydrogen-bond donors (Lipinski definition) is 1. The Morgan fingerprint density at radius 1 is 1.75 bits per heavy atom. The Morgan fingerprint density at radius 2 is 1.75 bits per heavy atom. The molecular formula is CH6MgOS. The predicted molar refractivity (Wildman–Crippen MR) is 24.7 cm³/mol. The summed E-state index contributed by atoms with van der Waals surface area (Å²) >= 11 is 0.750. The maximum absolute atomic E-state index is 7.49. The summed E-state index contributed by atoms with van der Waals surface area (Å²) in [6.45, 7) is 0. The van der Waals surface area contributed by atoms with Gasteiger partial charge in [0, 0.05) is 6.26 Å². The number of rotatable bonds is 0. The molecule has 0 aliphatic rings. The van der Waals surface area contributed by atoms with E-state index in [-0.39, 0.29) is 23.1 Å². The second-order valence-corrected chi connectivity index (χ2v) is 0.548. The van der Waals surface area contributed by atoms with E-state index in [2.05, 4.69) is 0 Å². The van der Waals surface area contributed by atoms with Gasteiger partial charge in [0.15, 0.2) is 0 Å². The first-order chi connectivity index (χ1) is 1.41. The number of hydrogen-bond acceptors (Lipinski definition) is 2. The zero-order valence-corrected chi connectivity index (χ0v) is 2.67. The van der Waals surface area contributed by atoms with Gasteiger partial charge in [0.05, 0.1) is 0 Å². The van der Waals surface area contributed by atoms with Crippen molar-refractivity contribution in [2.75, 3.05) is 6.26 Å². The van der Waals surface area contributed by atoms with E-state index in [4.69, 9.17) is 4.55 Å². The van der Waals surface area contributed by atoms with Crippen molar-refractivity contribution in [3.8, 4) is 0 Å². The first-order valence-corrected chi connectivity index (χ1v) is 1.77. The van der Waals surface area contributed by atoms with Crippen LogP contribution in [0.1, 0.15) is 0 Å². The Labute approximate surface area is 46.1 Å². The van der Waals surface area contributed by atoms with Gasteiger partial charge in [-0.25, -0.2) is 0 Å². The molecule has 0 saturated heterocycles. The molecule has 0 aromatic carbocycles. The van der Waals surface area contributed by atoms with Crippen molar-refractivity contribution in [3.63, 3.8) is 0 Å².